The molecule has 47 heavy (non-hydrogen) atoms. The van der Waals surface area contributed by atoms with Crippen molar-refractivity contribution in [3.8, 4) is 35.4 Å². The van der Waals surface area contributed by atoms with E-state index in [-0.39, 0.29) is 50.7 Å². The van der Waals surface area contributed by atoms with Gasteiger partial charge in [0.05, 0.1) is 23.6 Å². The van der Waals surface area contributed by atoms with Crippen molar-refractivity contribution >= 4 is 34.6 Å². The van der Waals surface area contributed by atoms with Gasteiger partial charge in [0.1, 0.15) is 35.2 Å². The van der Waals surface area contributed by atoms with Crippen LogP contribution in [0.2, 0.25) is 0 Å². The van der Waals surface area contributed by atoms with Crippen molar-refractivity contribution in [1.82, 2.24) is 25.2 Å². The van der Waals surface area contributed by atoms with E-state index in [2.05, 4.69) is 31.0 Å². The predicted octanol–water partition coefficient (Wildman–Crippen LogP) is 5.36. The molecule has 12 heteroatoms. The van der Waals surface area contributed by atoms with Crippen LogP contribution in [0.1, 0.15) is 37.7 Å². The lowest BCUT2D eigenvalue weighted by molar-refractivity contribution is 0.108. The van der Waals surface area contributed by atoms with Crippen LogP contribution in [0, 0.1) is 24.0 Å². The first-order valence-electron chi connectivity index (χ1n) is 16.2. The number of halogens is 2. The Morgan fingerprint density at radius 2 is 1.96 bits per heavy atom. The molecule has 0 radical (unpaired) electrons. The van der Waals surface area contributed by atoms with E-state index >= 15 is 4.39 Å². The van der Waals surface area contributed by atoms with Crippen LogP contribution in [-0.4, -0.2) is 94.4 Å². The van der Waals surface area contributed by atoms with Crippen LogP contribution in [0.4, 0.5) is 14.6 Å². The van der Waals surface area contributed by atoms with E-state index in [4.69, 9.17) is 16.1 Å². The number of anilines is 1. The highest BCUT2D eigenvalue weighted by Crippen LogP contribution is 2.53. The van der Waals surface area contributed by atoms with E-state index < -0.39 is 18.8 Å². The first-order valence-corrected chi connectivity index (χ1v) is 18.9. The Morgan fingerprint density at radius 1 is 1.17 bits per heavy atom. The van der Waals surface area contributed by atoms with Gasteiger partial charge in [-0.3, -0.25) is 9.88 Å². The zero-order valence-corrected chi connectivity index (χ0v) is 27.4. The van der Waals surface area contributed by atoms with Crippen molar-refractivity contribution in [3.05, 3.63) is 47.7 Å². The molecule has 2 N–H and O–H groups in total. The van der Waals surface area contributed by atoms with Gasteiger partial charge in [0.25, 0.3) is 0 Å². The average molecular weight is 659 g/mol. The van der Waals surface area contributed by atoms with Crippen LogP contribution in [0.3, 0.4) is 0 Å². The molecule has 8 rings (SSSR count). The Labute approximate surface area is 272 Å². The van der Waals surface area contributed by atoms with Crippen molar-refractivity contribution < 1.29 is 23.2 Å². The molecular formula is C35H37F2N6O3P. The summed E-state index contributed by atoms with van der Waals surface area (Å²) in [5.74, 6) is 1.43. The van der Waals surface area contributed by atoms with Crippen LogP contribution in [0.15, 0.2) is 30.5 Å². The van der Waals surface area contributed by atoms with Crippen LogP contribution in [0.25, 0.3) is 32.9 Å². The molecule has 0 spiro atoms. The van der Waals surface area contributed by atoms with Gasteiger partial charge >= 0.3 is 6.01 Å². The van der Waals surface area contributed by atoms with Gasteiger partial charge in [-0.05, 0) is 75.6 Å². The molecule has 2 aromatic heterocycles. The Morgan fingerprint density at radius 3 is 2.70 bits per heavy atom. The topological polar surface area (TPSA) is 104 Å². The Kier molecular flexibility index (Phi) is 7.21. The minimum atomic E-state index is -2.29. The standard InChI is InChI=1S/C35H37F2N6O3P/c1-4-25-28(36)9-6-20-12-23(44)13-26(29(20)25)31-30(37)32-27(15-38-31)33(42-16-21-7-8-22(17-42)39-21)41-34(40-32)46-19-35-10-5-11-43(35)18-24(14-35)47(2,3)45/h1,6,9,12-13,15,21-22,24,39,44H,5,7-8,10-11,14,16-19H2,2-3H3/t21-,22+,24?,35?. The number of nitrogens with zero attached hydrogens (tertiary/aromatic N) is 5. The van der Waals surface area contributed by atoms with Crippen molar-refractivity contribution in [2.24, 2.45) is 0 Å². The van der Waals surface area contributed by atoms with E-state index in [1.54, 1.807) is 6.20 Å². The first kappa shape index (κ1) is 30.5. The fourth-order valence-corrected chi connectivity index (χ4v) is 9.71. The van der Waals surface area contributed by atoms with Crippen LogP contribution in [-0.2, 0) is 4.57 Å². The second-order valence-electron chi connectivity index (χ2n) is 14.1. The maximum atomic E-state index is 16.9. The molecule has 9 nitrogen and oxygen atoms in total. The number of piperazine rings is 1. The Hall–Kier alpha value is -3.84. The number of benzene rings is 2. The lowest BCUT2D eigenvalue weighted by atomic mass is 9.95. The van der Waals surface area contributed by atoms with Crippen LogP contribution < -0.4 is 15.0 Å². The highest BCUT2D eigenvalue weighted by atomic mass is 31.2. The monoisotopic (exact) mass is 658 g/mol. The predicted molar refractivity (Wildman–Crippen MR) is 179 cm³/mol. The normalized spacial score (nSPS) is 25.9. The molecule has 4 fully saturated rings. The minimum absolute atomic E-state index is 0.0210. The molecule has 0 aliphatic carbocycles. The molecule has 2 unspecified atom stereocenters. The van der Waals surface area contributed by atoms with Gasteiger partial charge in [-0.2, -0.15) is 9.97 Å². The number of nitrogens with one attached hydrogen (secondary N) is 1. The highest BCUT2D eigenvalue weighted by Gasteiger charge is 2.51. The number of aromatic hydroxyl groups is 1. The lowest BCUT2D eigenvalue weighted by Gasteiger charge is -2.34. The summed E-state index contributed by atoms with van der Waals surface area (Å²) < 4.78 is 51.2. The number of hydrogen-bond acceptors (Lipinski definition) is 9. The summed E-state index contributed by atoms with van der Waals surface area (Å²) in [6, 6.07) is 6.19. The van der Waals surface area contributed by atoms with Gasteiger partial charge in [0, 0.05) is 54.5 Å². The molecule has 244 valence electrons. The summed E-state index contributed by atoms with van der Waals surface area (Å²) in [5.41, 5.74) is -0.129. The lowest BCUT2D eigenvalue weighted by Crippen LogP contribution is -2.51. The molecule has 4 saturated heterocycles. The van der Waals surface area contributed by atoms with Crippen LogP contribution >= 0.6 is 7.14 Å². The number of hydrogen-bond donors (Lipinski definition) is 2. The number of pyridine rings is 1. The molecule has 4 aromatic rings. The molecule has 4 aliphatic rings. The van der Waals surface area contributed by atoms with Gasteiger partial charge in [-0.25, -0.2) is 8.78 Å². The van der Waals surface area contributed by atoms with Crippen molar-refractivity contribution in [2.45, 2.75) is 55.4 Å². The van der Waals surface area contributed by atoms with E-state index in [0.717, 1.165) is 45.2 Å². The molecule has 4 atom stereocenters. The SMILES string of the molecule is C#Cc1c(F)ccc2cc(O)cc(-c3ncc4c(N5C[C@H]6CC[C@@H](C5)N6)nc(OCC56CCCN5CC(P(C)(C)=O)C6)nc4c3F)c12. The maximum Gasteiger partial charge on any atom is 0.319 e. The summed E-state index contributed by atoms with van der Waals surface area (Å²) in [6.45, 7) is 7.14. The third kappa shape index (κ3) is 5.13. The molecule has 2 bridgehead atoms. The molecular weight excluding hydrogens is 621 g/mol. The molecule has 4 aliphatic heterocycles. The smallest absolute Gasteiger partial charge is 0.319 e. The maximum absolute atomic E-state index is 16.9. The second kappa shape index (κ2) is 11.1. The first-order chi connectivity index (χ1) is 22.5. The van der Waals surface area contributed by atoms with E-state index in [1.165, 1.54) is 24.3 Å². The van der Waals surface area contributed by atoms with Crippen molar-refractivity contribution in [2.75, 3.05) is 51.0 Å². The van der Waals surface area contributed by atoms with Gasteiger partial charge in [-0.1, -0.05) is 12.0 Å². The minimum Gasteiger partial charge on any atom is -0.508 e. The second-order valence-corrected chi connectivity index (χ2v) is 17.7. The fourth-order valence-electron chi connectivity index (χ4n) is 8.34. The van der Waals surface area contributed by atoms with Crippen LogP contribution in [0.5, 0.6) is 11.8 Å². The molecule has 6 heterocycles. The number of aromatic nitrogens is 3. The summed E-state index contributed by atoms with van der Waals surface area (Å²) in [5, 5.41) is 15.4. The van der Waals surface area contributed by atoms with Crippen molar-refractivity contribution in [1.29, 1.82) is 0 Å². The summed E-state index contributed by atoms with van der Waals surface area (Å²) in [4.78, 5) is 18.6. The van der Waals surface area contributed by atoms with Gasteiger partial charge < -0.3 is 24.6 Å². The largest absolute Gasteiger partial charge is 0.508 e. The van der Waals surface area contributed by atoms with E-state index in [1.807, 2.05) is 13.3 Å². The Balaban J connectivity index is 1.25. The third-order valence-corrected chi connectivity index (χ3v) is 12.9. The highest BCUT2D eigenvalue weighted by molar-refractivity contribution is 7.63. The number of fused-ring (bicyclic) bond motifs is 5. The van der Waals surface area contributed by atoms with Gasteiger partial charge in [-0.15, -0.1) is 6.42 Å². The summed E-state index contributed by atoms with van der Waals surface area (Å²) >= 11 is 0. The van der Waals surface area contributed by atoms with Gasteiger partial charge in [0.15, 0.2) is 5.82 Å². The number of ether oxygens (including phenoxy) is 1. The third-order valence-electron chi connectivity index (χ3n) is 10.7. The molecule has 0 amide bonds. The average Bonchev–Trinajstić information content (AvgIpc) is 3.71. The Bertz CT molecular complexity index is 2020. The molecule has 2 aromatic carbocycles. The number of terminal acetylenes is 1. The fraction of sp³-hybridized carbons (Fsp3) is 0.457. The number of rotatable bonds is 6. The molecule has 0 saturated carbocycles. The number of phenols is 1. The van der Waals surface area contributed by atoms with Gasteiger partial charge in [0.2, 0.25) is 0 Å². The zero-order valence-electron chi connectivity index (χ0n) is 26.5. The quantitative estimate of drug-likeness (QED) is 0.209. The zero-order chi connectivity index (χ0) is 32.7. The van der Waals surface area contributed by atoms with E-state index in [0.29, 0.717) is 48.4 Å². The van der Waals surface area contributed by atoms with Crippen molar-refractivity contribution in [3.63, 3.8) is 0 Å². The summed E-state index contributed by atoms with van der Waals surface area (Å²) in [6.07, 6.45) is 12.1. The summed E-state index contributed by atoms with van der Waals surface area (Å²) in [7, 11) is -2.29. The number of phenolic OH excluding ortho intramolecular Hbond substituents is 1. The van der Waals surface area contributed by atoms with E-state index in [9.17, 15) is 14.1 Å².